The lowest BCUT2D eigenvalue weighted by molar-refractivity contribution is -0.155. The maximum Gasteiger partial charge on any atom is 0.240 e. The molecule has 5 rings (SSSR count). The van der Waals surface area contributed by atoms with E-state index in [1.165, 1.54) is 20.7 Å². The summed E-state index contributed by atoms with van der Waals surface area (Å²) in [5.74, 6) is 0.169. The monoisotopic (exact) mass is 606 g/mol. The molecule has 1 saturated carbocycles. The summed E-state index contributed by atoms with van der Waals surface area (Å²) < 4.78 is 14.7. The van der Waals surface area contributed by atoms with E-state index < -0.39 is 18.1 Å². The summed E-state index contributed by atoms with van der Waals surface area (Å²) in [6.07, 6.45) is 0.225. The molecule has 5 heteroatoms. The first-order chi connectivity index (χ1) is 20.5. The van der Waals surface area contributed by atoms with E-state index in [4.69, 9.17) is 8.85 Å². The highest BCUT2D eigenvalue weighted by Crippen LogP contribution is 2.48. The zero-order valence-electron chi connectivity index (χ0n) is 26.4. The van der Waals surface area contributed by atoms with Gasteiger partial charge in [0.1, 0.15) is 5.78 Å². The average Bonchev–Trinajstić information content (AvgIpc) is 2.99. The molecule has 0 heterocycles. The molecular formula is C38H46O3Si2. The molecule has 0 saturated heterocycles. The van der Waals surface area contributed by atoms with Crippen LogP contribution in [0.5, 0.6) is 0 Å². The van der Waals surface area contributed by atoms with Gasteiger partial charge in [-0.25, -0.2) is 0 Å². The van der Waals surface area contributed by atoms with Crippen molar-refractivity contribution in [2.24, 2.45) is 22.7 Å². The smallest absolute Gasteiger partial charge is 0.240 e. The molecule has 1 fully saturated rings. The lowest BCUT2D eigenvalue weighted by atomic mass is 9.59. The van der Waals surface area contributed by atoms with Crippen LogP contribution in [0.2, 0.25) is 0 Å². The summed E-state index contributed by atoms with van der Waals surface area (Å²) in [6, 6.07) is 42.5. The van der Waals surface area contributed by atoms with E-state index in [0.717, 1.165) is 0 Å². The number of hydrogen-bond donors (Lipinski definition) is 0. The first kappa shape index (κ1) is 31.3. The van der Waals surface area contributed by atoms with Crippen molar-refractivity contribution in [3.05, 3.63) is 121 Å². The first-order valence-electron chi connectivity index (χ1n) is 15.6. The van der Waals surface area contributed by atoms with Gasteiger partial charge in [0.05, 0.1) is 12.2 Å². The van der Waals surface area contributed by atoms with Gasteiger partial charge in [0.25, 0.3) is 0 Å². The molecule has 4 atom stereocenters. The third-order valence-corrected chi connectivity index (χ3v) is 13.8. The van der Waals surface area contributed by atoms with Gasteiger partial charge in [-0.1, -0.05) is 163 Å². The predicted molar refractivity (Wildman–Crippen MR) is 184 cm³/mol. The lowest BCUT2D eigenvalue weighted by Crippen LogP contribution is -2.62. The number of carbonyl (C=O) groups is 1. The van der Waals surface area contributed by atoms with Gasteiger partial charge in [-0.2, -0.15) is 0 Å². The topological polar surface area (TPSA) is 35.5 Å². The largest absolute Gasteiger partial charge is 0.407 e. The third kappa shape index (κ3) is 7.35. The Bertz CT molecular complexity index is 1370. The van der Waals surface area contributed by atoms with Crippen molar-refractivity contribution in [1.29, 1.82) is 0 Å². The highest BCUT2D eigenvalue weighted by molar-refractivity contribution is 6.80. The Morgan fingerprint density at radius 1 is 0.535 bits per heavy atom. The molecule has 1 aliphatic carbocycles. The van der Waals surface area contributed by atoms with Crippen LogP contribution in [0.3, 0.4) is 0 Å². The predicted octanol–water partition coefficient (Wildman–Crippen LogP) is 5.13. The minimum atomic E-state index is -2.08. The number of ketones is 1. The van der Waals surface area contributed by atoms with Crippen molar-refractivity contribution in [3.63, 3.8) is 0 Å². The average molecular weight is 607 g/mol. The molecule has 0 amide bonds. The maximum absolute atomic E-state index is 13.7. The minimum Gasteiger partial charge on any atom is -0.407 e. The summed E-state index contributed by atoms with van der Waals surface area (Å²) in [5, 5.41) is 4.98. The molecule has 4 aromatic carbocycles. The molecule has 43 heavy (non-hydrogen) atoms. The van der Waals surface area contributed by atoms with E-state index in [1.54, 1.807) is 0 Å². The molecule has 3 nitrogen and oxygen atoms in total. The van der Waals surface area contributed by atoms with Gasteiger partial charge in [-0.05, 0) is 31.6 Å². The molecule has 224 valence electrons. The Morgan fingerprint density at radius 2 is 0.837 bits per heavy atom. The van der Waals surface area contributed by atoms with E-state index in [0.29, 0.717) is 12.2 Å². The molecular weight excluding hydrogens is 561 g/mol. The quantitative estimate of drug-likeness (QED) is 0.235. The van der Waals surface area contributed by atoms with Crippen molar-refractivity contribution < 1.29 is 13.6 Å². The van der Waals surface area contributed by atoms with Crippen molar-refractivity contribution in [2.75, 3.05) is 0 Å². The molecule has 0 aromatic heterocycles. The number of benzene rings is 4. The van der Waals surface area contributed by atoms with Crippen LogP contribution in [0.25, 0.3) is 0 Å². The Balaban J connectivity index is 1.51. The van der Waals surface area contributed by atoms with Gasteiger partial charge >= 0.3 is 0 Å². The van der Waals surface area contributed by atoms with Crippen LogP contribution in [0.4, 0.5) is 0 Å². The Labute approximate surface area is 261 Å². The Kier molecular flexibility index (Phi) is 9.67. The lowest BCUT2D eigenvalue weighted by Gasteiger charge is -2.52. The summed E-state index contributed by atoms with van der Waals surface area (Å²) in [4.78, 5) is 13.7. The van der Waals surface area contributed by atoms with Gasteiger partial charge in [0.2, 0.25) is 18.1 Å². The fourth-order valence-electron chi connectivity index (χ4n) is 6.54. The molecule has 0 N–H and O–H groups in total. The molecule has 2 unspecified atom stereocenters. The van der Waals surface area contributed by atoms with Crippen LogP contribution in [-0.4, -0.2) is 36.1 Å². The van der Waals surface area contributed by atoms with E-state index in [9.17, 15) is 4.79 Å². The molecule has 0 aliphatic heterocycles. The van der Waals surface area contributed by atoms with Gasteiger partial charge < -0.3 is 8.85 Å². The first-order valence-corrected chi connectivity index (χ1v) is 18.8. The number of rotatable bonds is 10. The highest BCUT2D eigenvalue weighted by Gasteiger charge is 2.55. The van der Waals surface area contributed by atoms with Crippen LogP contribution in [-0.2, 0) is 13.6 Å². The molecule has 0 radical (unpaired) electrons. The summed E-state index contributed by atoms with van der Waals surface area (Å²) in [5.41, 5.74) is -0.386. The van der Waals surface area contributed by atoms with E-state index in [1.807, 2.05) is 0 Å². The molecule has 4 aromatic rings. The van der Waals surface area contributed by atoms with Gasteiger partial charge in [-0.15, -0.1) is 0 Å². The number of carbonyl (C=O) groups excluding carboxylic acids is 1. The second kappa shape index (κ2) is 13.3. The molecule has 0 bridgehead atoms. The van der Waals surface area contributed by atoms with Crippen molar-refractivity contribution in [2.45, 2.75) is 60.2 Å². The summed E-state index contributed by atoms with van der Waals surface area (Å²) in [6.45, 7) is 13.5. The number of hydrogen-bond acceptors (Lipinski definition) is 3. The summed E-state index contributed by atoms with van der Waals surface area (Å²) >= 11 is 0. The van der Waals surface area contributed by atoms with E-state index >= 15 is 0 Å². The van der Waals surface area contributed by atoms with Crippen LogP contribution in [0.15, 0.2) is 121 Å². The Hall–Kier alpha value is -3.10. The SMILES string of the molecule is CC(C)(C)C(O[SiH](c1ccccc1)c1ccccc1)[C@@H]1CC(=O)[C@H]1C(O[SiH](c1ccccc1)c1ccccc1)C(C)(C)C. The standard InChI is InChI=1S/C38H46O3Si2/c1-37(2,3)35(40-42(28-19-11-7-12-20-28)29-21-13-8-14-22-29)32-27-33(39)34(32)36(38(4,5)6)41-43(30-23-15-9-16-24-30)31-25-17-10-18-26-31/h7-26,32,34-36,42-43H,27H2,1-6H3/t32-,34+,35?,36?/m1/s1. The third-order valence-electron chi connectivity index (χ3n) is 8.67. The fourth-order valence-corrected chi connectivity index (χ4v) is 12.0. The maximum atomic E-state index is 13.7. The number of Topliss-reactive ketones (excluding diaryl/α,β-unsaturated/α-hetero) is 1. The minimum absolute atomic E-state index is 0.0837. The van der Waals surface area contributed by atoms with Gasteiger partial charge in [-0.3, -0.25) is 4.79 Å². The van der Waals surface area contributed by atoms with Crippen LogP contribution < -0.4 is 20.7 Å². The van der Waals surface area contributed by atoms with Crippen molar-refractivity contribution >= 4 is 44.6 Å². The van der Waals surface area contributed by atoms with Crippen LogP contribution in [0, 0.1) is 22.7 Å². The van der Waals surface area contributed by atoms with Crippen LogP contribution >= 0.6 is 0 Å². The van der Waals surface area contributed by atoms with Crippen molar-refractivity contribution in [3.8, 4) is 0 Å². The molecule has 1 aliphatic rings. The van der Waals surface area contributed by atoms with Crippen molar-refractivity contribution in [1.82, 2.24) is 0 Å². The van der Waals surface area contributed by atoms with E-state index in [2.05, 4.69) is 163 Å². The van der Waals surface area contributed by atoms with E-state index in [-0.39, 0.29) is 34.9 Å². The zero-order chi connectivity index (χ0) is 30.6. The second-order valence-electron chi connectivity index (χ2n) is 14.1. The molecule has 0 spiro atoms. The van der Waals surface area contributed by atoms with Crippen LogP contribution in [0.1, 0.15) is 48.0 Å². The van der Waals surface area contributed by atoms with Gasteiger partial charge in [0, 0.05) is 18.3 Å². The summed E-state index contributed by atoms with van der Waals surface area (Å²) in [7, 11) is -4.12. The van der Waals surface area contributed by atoms with Gasteiger partial charge in [0.15, 0.2) is 0 Å². The fraction of sp³-hybridized carbons (Fsp3) is 0.342. The zero-order valence-corrected chi connectivity index (χ0v) is 28.8. The highest BCUT2D eigenvalue weighted by atomic mass is 28.3. The Morgan fingerprint density at radius 3 is 1.12 bits per heavy atom. The normalized spacial score (nSPS) is 18.8. The second-order valence-corrected chi connectivity index (χ2v) is 18.8.